The highest BCUT2D eigenvalue weighted by Crippen LogP contribution is 2.38. The zero-order valence-electron chi connectivity index (χ0n) is 20.4. The summed E-state index contributed by atoms with van der Waals surface area (Å²) in [4.78, 5) is 0. The van der Waals surface area contributed by atoms with Crippen LogP contribution in [-0.2, 0) is 13.9 Å². The number of ether oxygens (including phenoxy) is 2. The molecule has 2 aromatic rings. The summed E-state index contributed by atoms with van der Waals surface area (Å²) in [7, 11) is -0.844. The number of rotatable bonds is 13. The molecule has 0 aliphatic heterocycles. The standard InChI is InChI=1S/C28H40O3Si/c1-7-8-15-25(30-23-22-29-6)21-20-24(2)31-32(28(3,4)5,26-16-11-9-12-17-26)27-18-13-10-14-19-27/h7-19,24-25H,1,20-23H2,2-6H3/b15-8+/t24-,25+/m1/s1. The van der Waals surface area contributed by atoms with Crippen LogP contribution in [0.2, 0.25) is 5.04 Å². The first-order valence-electron chi connectivity index (χ1n) is 11.5. The molecule has 0 aliphatic rings. The maximum Gasteiger partial charge on any atom is 0.261 e. The molecule has 2 aromatic carbocycles. The van der Waals surface area contributed by atoms with Gasteiger partial charge in [0.15, 0.2) is 0 Å². The summed E-state index contributed by atoms with van der Waals surface area (Å²) >= 11 is 0. The topological polar surface area (TPSA) is 27.7 Å². The molecular weight excluding hydrogens is 412 g/mol. The van der Waals surface area contributed by atoms with E-state index >= 15 is 0 Å². The van der Waals surface area contributed by atoms with Crippen molar-refractivity contribution < 1.29 is 13.9 Å². The Bertz CT molecular complexity index is 772. The molecule has 0 saturated carbocycles. The van der Waals surface area contributed by atoms with Gasteiger partial charge in [0.25, 0.3) is 8.32 Å². The van der Waals surface area contributed by atoms with Gasteiger partial charge in [-0.1, -0.05) is 106 Å². The molecule has 0 spiro atoms. The Kier molecular flexibility index (Phi) is 10.6. The number of hydrogen-bond acceptors (Lipinski definition) is 3. The lowest BCUT2D eigenvalue weighted by Crippen LogP contribution is -2.67. The first kappa shape index (κ1) is 26.3. The molecule has 2 rings (SSSR count). The lowest BCUT2D eigenvalue weighted by atomic mass is 10.1. The third-order valence-electron chi connectivity index (χ3n) is 5.73. The quantitative estimate of drug-likeness (QED) is 0.228. The van der Waals surface area contributed by atoms with Crippen molar-refractivity contribution in [1.29, 1.82) is 0 Å². The van der Waals surface area contributed by atoms with E-state index in [0.717, 1.165) is 12.8 Å². The third kappa shape index (κ3) is 7.01. The van der Waals surface area contributed by atoms with Crippen molar-refractivity contribution in [3.63, 3.8) is 0 Å². The maximum atomic E-state index is 7.17. The molecule has 0 aromatic heterocycles. The van der Waals surface area contributed by atoms with Crippen molar-refractivity contribution >= 4 is 18.7 Å². The lowest BCUT2D eigenvalue weighted by Gasteiger charge is -2.44. The normalized spacial score (nSPS) is 14.4. The van der Waals surface area contributed by atoms with E-state index in [4.69, 9.17) is 13.9 Å². The minimum Gasteiger partial charge on any atom is -0.405 e. The van der Waals surface area contributed by atoms with Crippen LogP contribution in [0.15, 0.2) is 85.5 Å². The fourth-order valence-electron chi connectivity index (χ4n) is 4.17. The summed E-state index contributed by atoms with van der Waals surface area (Å²) in [6, 6.07) is 21.6. The Hall–Kier alpha value is -1.98. The third-order valence-corrected chi connectivity index (χ3v) is 10.9. The highest BCUT2D eigenvalue weighted by molar-refractivity contribution is 6.99. The molecule has 0 heterocycles. The lowest BCUT2D eigenvalue weighted by molar-refractivity contribution is 0.0303. The smallest absolute Gasteiger partial charge is 0.261 e. The van der Waals surface area contributed by atoms with Crippen LogP contribution in [0.3, 0.4) is 0 Å². The molecule has 4 heteroatoms. The Morgan fingerprint density at radius 1 is 0.906 bits per heavy atom. The highest BCUT2D eigenvalue weighted by atomic mass is 28.4. The first-order valence-corrected chi connectivity index (χ1v) is 13.4. The molecular formula is C28H40O3Si. The zero-order valence-corrected chi connectivity index (χ0v) is 21.4. The van der Waals surface area contributed by atoms with Crippen LogP contribution in [0.4, 0.5) is 0 Å². The molecule has 0 radical (unpaired) electrons. The molecule has 174 valence electrons. The number of allylic oxidation sites excluding steroid dienone is 2. The van der Waals surface area contributed by atoms with Crippen molar-refractivity contribution in [2.24, 2.45) is 0 Å². The van der Waals surface area contributed by atoms with E-state index in [0.29, 0.717) is 13.2 Å². The number of methoxy groups -OCH3 is 1. The van der Waals surface area contributed by atoms with Crippen LogP contribution in [0, 0.1) is 0 Å². The fourth-order valence-corrected chi connectivity index (χ4v) is 8.91. The Balaban J connectivity index is 2.29. The van der Waals surface area contributed by atoms with Crippen molar-refractivity contribution in [2.75, 3.05) is 20.3 Å². The van der Waals surface area contributed by atoms with Crippen molar-refractivity contribution in [2.45, 2.75) is 57.8 Å². The first-order chi connectivity index (χ1) is 15.3. The molecule has 0 unspecified atom stereocenters. The Labute approximate surface area is 196 Å². The molecule has 0 N–H and O–H groups in total. The van der Waals surface area contributed by atoms with Gasteiger partial charge in [-0.3, -0.25) is 0 Å². The molecule has 0 saturated heterocycles. The van der Waals surface area contributed by atoms with Gasteiger partial charge in [0.1, 0.15) is 0 Å². The molecule has 0 fully saturated rings. The van der Waals surface area contributed by atoms with E-state index in [1.807, 2.05) is 6.08 Å². The fraction of sp³-hybridized carbons (Fsp3) is 0.429. The van der Waals surface area contributed by atoms with E-state index in [1.165, 1.54) is 10.4 Å². The zero-order chi connectivity index (χ0) is 23.5. The summed E-state index contributed by atoms with van der Waals surface area (Å²) in [5, 5.41) is 2.59. The van der Waals surface area contributed by atoms with Crippen LogP contribution in [-0.4, -0.2) is 40.8 Å². The summed E-state index contributed by atoms with van der Waals surface area (Å²) in [6.07, 6.45) is 7.70. The minimum atomic E-state index is -2.54. The molecule has 3 nitrogen and oxygen atoms in total. The SMILES string of the molecule is C=C/C=C/[C@@H](CC[C@@H](C)O[Si](c1ccccc1)(c1ccccc1)C(C)(C)C)OCCOC. The monoisotopic (exact) mass is 452 g/mol. The van der Waals surface area contributed by atoms with E-state index in [1.54, 1.807) is 13.2 Å². The van der Waals surface area contributed by atoms with Gasteiger partial charge in [0.2, 0.25) is 0 Å². The second-order valence-corrected chi connectivity index (χ2v) is 13.4. The van der Waals surface area contributed by atoms with Crippen LogP contribution in [0.25, 0.3) is 0 Å². The highest BCUT2D eigenvalue weighted by Gasteiger charge is 2.50. The van der Waals surface area contributed by atoms with Crippen LogP contribution in [0.1, 0.15) is 40.5 Å². The van der Waals surface area contributed by atoms with Gasteiger partial charge in [-0.05, 0) is 35.2 Å². The summed E-state index contributed by atoms with van der Waals surface area (Å²) in [5.74, 6) is 0. The van der Waals surface area contributed by atoms with Gasteiger partial charge in [-0.15, -0.1) is 0 Å². The van der Waals surface area contributed by atoms with Crippen molar-refractivity contribution in [3.05, 3.63) is 85.5 Å². The molecule has 32 heavy (non-hydrogen) atoms. The second-order valence-electron chi connectivity index (χ2n) is 9.19. The maximum absolute atomic E-state index is 7.17. The Morgan fingerprint density at radius 3 is 1.94 bits per heavy atom. The summed E-state index contributed by atoms with van der Waals surface area (Å²) in [6.45, 7) is 14.1. The predicted molar refractivity (Wildman–Crippen MR) is 138 cm³/mol. The van der Waals surface area contributed by atoms with Crippen molar-refractivity contribution in [3.8, 4) is 0 Å². The minimum absolute atomic E-state index is 0.0216. The van der Waals surface area contributed by atoms with Gasteiger partial charge in [-0.2, -0.15) is 0 Å². The van der Waals surface area contributed by atoms with Gasteiger partial charge in [0.05, 0.1) is 19.3 Å². The van der Waals surface area contributed by atoms with Gasteiger partial charge < -0.3 is 13.9 Å². The van der Waals surface area contributed by atoms with Gasteiger partial charge in [0, 0.05) is 13.2 Å². The summed E-state index contributed by atoms with van der Waals surface area (Å²) in [5.41, 5.74) is 0. The van der Waals surface area contributed by atoms with E-state index in [2.05, 4.69) is 101 Å². The van der Waals surface area contributed by atoms with Gasteiger partial charge in [-0.25, -0.2) is 0 Å². The van der Waals surface area contributed by atoms with Crippen LogP contribution in [0.5, 0.6) is 0 Å². The van der Waals surface area contributed by atoms with Gasteiger partial charge >= 0.3 is 0 Å². The second kappa shape index (κ2) is 12.9. The molecule has 0 amide bonds. The average molecular weight is 453 g/mol. The predicted octanol–water partition coefficient (Wildman–Crippen LogP) is 5.51. The average Bonchev–Trinajstić information content (AvgIpc) is 2.79. The number of hydrogen-bond donors (Lipinski definition) is 0. The van der Waals surface area contributed by atoms with E-state index < -0.39 is 8.32 Å². The van der Waals surface area contributed by atoms with E-state index in [-0.39, 0.29) is 17.2 Å². The number of benzene rings is 2. The van der Waals surface area contributed by atoms with Crippen LogP contribution < -0.4 is 10.4 Å². The van der Waals surface area contributed by atoms with E-state index in [9.17, 15) is 0 Å². The largest absolute Gasteiger partial charge is 0.405 e. The van der Waals surface area contributed by atoms with Crippen LogP contribution >= 0.6 is 0 Å². The Morgan fingerprint density at radius 2 is 1.47 bits per heavy atom. The molecule has 0 aliphatic carbocycles. The molecule has 0 bridgehead atoms. The van der Waals surface area contributed by atoms with Crippen molar-refractivity contribution in [1.82, 2.24) is 0 Å². The molecule has 2 atom stereocenters. The summed E-state index contributed by atoms with van der Waals surface area (Å²) < 4.78 is 18.3.